The molecule has 7 nitrogen and oxygen atoms in total. The van der Waals surface area contributed by atoms with Crippen LogP contribution in [0, 0.1) is 6.92 Å². The van der Waals surface area contributed by atoms with Gasteiger partial charge in [-0.25, -0.2) is 8.42 Å². The van der Waals surface area contributed by atoms with Gasteiger partial charge < -0.3 is 10.6 Å². The highest BCUT2D eigenvalue weighted by Gasteiger charge is 2.28. The molecule has 8 heteroatoms. The van der Waals surface area contributed by atoms with Gasteiger partial charge in [0.1, 0.15) is 0 Å². The quantitative estimate of drug-likeness (QED) is 0.737. The van der Waals surface area contributed by atoms with Crippen molar-refractivity contribution < 1.29 is 18.0 Å². The highest BCUT2D eigenvalue weighted by Crippen LogP contribution is 2.24. The lowest BCUT2D eigenvalue weighted by Gasteiger charge is -2.17. The van der Waals surface area contributed by atoms with Crippen molar-refractivity contribution in [1.82, 2.24) is 9.62 Å². The smallest absolute Gasteiger partial charge is 0.255 e. The highest BCUT2D eigenvalue weighted by atomic mass is 32.2. The second kappa shape index (κ2) is 8.97. The number of nitrogens with one attached hydrogen (secondary N) is 2. The normalized spacial score (nSPS) is 14.7. The first kappa shape index (κ1) is 22.0. The zero-order valence-electron chi connectivity index (χ0n) is 17.4. The molecule has 0 aliphatic carbocycles. The Morgan fingerprint density at radius 2 is 1.63 bits per heavy atom. The van der Waals surface area contributed by atoms with Crippen LogP contribution in [-0.4, -0.2) is 43.7 Å². The van der Waals surface area contributed by atoms with Crippen LogP contribution in [0.5, 0.6) is 0 Å². The van der Waals surface area contributed by atoms with Crippen molar-refractivity contribution in [3.63, 3.8) is 0 Å². The predicted octanol–water partition coefficient (Wildman–Crippen LogP) is 3.17. The number of carbonyl (C=O) groups is 2. The molecule has 3 rings (SSSR count). The molecule has 1 saturated heterocycles. The largest absolute Gasteiger partial charge is 0.350 e. The summed E-state index contributed by atoms with van der Waals surface area (Å²) in [6, 6.07) is 11.3. The summed E-state index contributed by atoms with van der Waals surface area (Å²) >= 11 is 0. The molecule has 0 spiro atoms. The maximum absolute atomic E-state index is 13.0. The molecule has 1 aliphatic rings. The number of hydrogen-bond donors (Lipinski definition) is 2. The lowest BCUT2D eigenvalue weighted by Crippen LogP contribution is -2.31. The molecule has 30 heavy (non-hydrogen) atoms. The van der Waals surface area contributed by atoms with Crippen molar-refractivity contribution in [1.29, 1.82) is 0 Å². The number of carbonyl (C=O) groups excluding carboxylic acids is 2. The summed E-state index contributed by atoms with van der Waals surface area (Å²) < 4.78 is 27.2. The van der Waals surface area contributed by atoms with E-state index in [1.165, 1.54) is 16.4 Å². The Kier molecular flexibility index (Phi) is 6.58. The van der Waals surface area contributed by atoms with E-state index in [2.05, 4.69) is 10.6 Å². The van der Waals surface area contributed by atoms with E-state index < -0.39 is 15.9 Å². The van der Waals surface area contributed by atoms with Crippen LogP contribution in [0.1, 0.15) is 53.0 Å². The van der Waals surface area contributed by atoms with Crippen molar-refractivity contribution in [2.24, 2.45) is 0 Å². The molecule has 0 bridgehead atoms. The Hall–Kier alpha value is -2.71. The average molecular weight is 430 g/mol. The number of aryl methyl sites for hydroxylation is 1. The van der Waals surface area contributed by atoms with Gasteiger partial charge in [-0.2, -0.15) is 4.31 Å². The fourth-order valence-electron chi connectivity index (χ4n) is 3.40. The summed E-state index contributed by atoms with van der Waals surface area (Å²) in [6.45, 7) is 6.45. The second-order valence-electron chi connectivity index (χ2n) is 7.72. The van der Waals surface area contributed by atoms with E-state index in [1.54, 1.807) is 37.3 Å². The number of nitrogens with zero attached hydrogens (tertiary/aromatic N) is 1. The van der Waals surface area contributed by atoms with Crippen LogP contribution in [0.2, 0.25) is 0 Å². The van der Waals surface area contributed by atoms with Crippen LogP contribution in [0.3, 0.4) is 0 Å². The predicted molar refractivity (Wildman–Crippen MR) is 116 cm³/mol. The monoisotopic (exact) mass is 429 g/mol. The van der Waals surface area contributed by atoms with Crippen molar-refractivity contribution in [2.75, 3.05) is 18.4 Å². The van der Waals surface area contributed by atoms with Gasteiger partial charge >= 0.3 is 0 Å². The number of hydrogen-bond acceptors (Lipinski definition) is 4. The van der Waals surface area contributed by atoms with Crippen LogP contribution in [0.15, 0.2) is 47.4 Å². The Labute approximate surface area is 177 Å². The first-order valence-corrected chi connectivity index (χ1v) is 11.5. The summed E-state index contributed by atoms with van der Waals surface area (Å²) in [6.07, 6.45) is 1.68. The molecule has 1 heterocycles. The van der Waals surface area contributed by atoms with Gasteiger partial charge in [0, 0.05) is 24.7 Å². The third kappa shape index (κ3) is 4.71. The summed E-state index contributed by atoms with van der Waals surface area (Å²) in [7, 11) is -3.63. The Morgan fingerprint density at radius 3 is 2.30 bits per heavy atom. The van der Waals surface area contributed by atoms with Crippen molar-refractivity contribution in [3.8, 4) is 0 Å². The van der Waals surface area contributed by atoms with E-state index >= 15 is 0 Å². The average Bonchev–Trinajstić information content (AvgIpc) is 3.23. The van der Waals surface area contributed by atoms with Crippen LogP contribution in [0.25, 0.3) is 0 Å². The molecule has 2 aromatic rings. The van der Waals surface area contributed by atoms with Crippen molar-refractivity contribution >= 4 is 27.5 Å². The molecule has 2 amide bonds. The molecular formula is C22H27N3O4S. The van der Waals surface area contributed by atoms with Gasteiger partial charge in [0.15, 0.2) is 0 Å². The Balaban J connectivity index is 1.89. The minimum Gasteiger partial charge on any atom is -0.350 e. The molecule has 1 fully saturated rings. The lowest BCUT2D eigenvalue weighted by molar-refractivity contribution is 0.0944. The van der Waals surface area contributed by atoms with Crippen LogP contribution < -0.4 is 10.6 Å². The summed E-state index contributed by atoms with van der Waals surface area (Å²) in [5, 5.41) is 5.57. The summed E-state index contributed by atoms with van der Waals surface area (Å²) in [5.74, 6) is -0.751. The summed E-state index contributed by atoms with van der Waals surface area (Å²) in [4.78, 5) is 25.5. The maximum Gasteiger partial charge on any atom is 0.255 e. The third-order valence-corrected chi connectivity index (χ3v) is 6.89. The highest BCUT2D eigenvalue weighted by molar-refractivity contribution is 7.89. The molecular weight excluding hydrogens is 402 g/mol. The van der Waals surface area contributed by atoms with Gasteiger partial charge in [0.25, 0.3) is 11.8 Å². The minimum absolute atomic E-state index is 0.0454. The van der Waals surface area contributed by atoms with Crippen molar-refractivity contribution in [3.05, 3.63) is 59.2 Å². The van der Waals surface area contributed by atoms with E-state index in [-0.39, 0.29) is 22.4 Å². The fraction of sp³-hybridized carbons (Fsp3) is 0.364. The third-order valence-electron chi connectivity index (χ3n) is 5.00. The first-order valence-electron chi connectivity index (χ1n) is 10.0. The van der Waals surface area contributed by atoms with Crippen LogP contribution in [0.4, 0.5) is 5.69 Å². The molecule has 2 N–H and O–H groups in total. The molecule has 1 aliphatic heterocycles. The van der Waals surface area contributed by atoms with E-state index in [1.807, 2.05) is 13.8 Å². The van der Waals surface area contributed by atoms with Crippen LogP contribution >= 0.6 is 0 Å². The number of amides is 2. The molecule has 2 aromatic carbocycles. The second-order valence-corrected chi connectivity index (χ2v) is 9.65. The summed E-state index contributed by atoms with van der Waals surface area (Å²) in [5.41, 5.74) is 1.62. The zero-order valence-corrected chi connectivity index (χ0v) is 18.3. The van der Waals surface area contributed by atoms with Gasteiger partial charge in [0.2, 0.25) is 10.0 Å². The lowest BCUT2D eigenvalue weighted by atomic mass is 10.1. The van der Waals surface area contributed by atoms with Crippen LogP contribution in [-0.2, 0) is 10.0 Å². The topological polar surface area (TPSA) is 95.6 Å². The van der Waals surface area contributed by atoms with Gasteiger partial charge in [0.05, 0.1) is 16.1 Å². The molecule has 0 aromatic heterocycles. The fourth-order valence-corrected chi connectivity index (χ4v) is 4.95. The molecule has 0 atom stereocenters. The molecule has 0 radical (unpaired) electrons. The van der Waals surface area contributed by atoms with Crippen molar-refractivity contribution in [2.45, 2.75) is 44.6 Å². The standard InChI is InChI=1S/C22H27N3O4S/c1-15(2)23-21(26)18-8-4-5-9-20(18)24-22(27)19-14-17(11-10-16(19)3)30(28,29)25-12-6-7-13-25/h4-5,8-11,14-15H,6-7,12-13H2,1-3H3,(H,23,26)(H,24,27). The van der Waals surface area contributed by atoms with E-state index in [0.29, 0.717) is 29.9 Å². The van der Waals surface area contributed by atoms with E-state index in [0.717, 1.165) is 12.8 Å². The number of sulfonamides is 1. The molecule has 0 saturated carbocycles. The first-order chi connectivity index (χ1) is 14.2. The Morgan fingerprint density at radius 1 is 0.967 bits per heavy atom. The zero-order chi connectivity index (χ0) is 21.9. The van der Waals surface area contributed by atoms with E-state index in [4.69, 9.17) is 0 Å². The number of para-hydroxylation sites is 1. The Bertz CT molecular complexity index is 1060. The SMILES string of the molecule is Cc1ccc(S(=O)(=O)N2CCCC2)cc1C(=O)Nc1ccccc1C(=O)NC(C)C. The van der Waals surface area contributed by atoms with Gasteiger partial charge in [-0.15, -0.1) is 0 Å². The number of rotatable bonds is 6. The van der Waals surface area contributed by atoms with Gasteiger partial charge in [-0.1, -0.05) is 18.2 Å². The van der Waals surface area contributed by atoms with Gasteiger partial charge in [-0.3, -0.25) is 9.59 Å². The molecule has 0 unspecified atom stereocenters. The minimum atomic E-state index is -3.63. The number of anilines is 1. The number of benzene rings is 2. The van der Waals surface area contributed by atoms with Gasteiger partial charge in [-0.05, 0) is 63.4 Å². The molecule has 160 valence electrons. The maximum atomic E-state index is 13.0. The van der Waals surface area contributed by atoms with E-state index in [9.17, 15) is 18.0 Å².